The highest BCUT2D eigenvalue weighted by molar-refractivity contribution is 8.00. The predicted octanol–water partition coefficient (Wildman–Crippen LogP) is 1.32. The summed E-state index contributed by atoms with van der Waals surface area (Å²) in [6, 6.07) is 4.98. The number of hydrogen-bond acceptors (Lipinski definition) is 4. The number of thioether (sulfide) groups is 1. The van der Waals surface area contributed by atoms with E-state index in [2.05, 4.69) is 5.32 Å². The zero-order valence-electron chi connectivity index (χ0n) is 11.8. The first-order valence-corrected chi connectivity index (χ1v) is 8.12. The van der Waals surface area contributed by atoms with Crippen molar-refractivity contribution in [2.24, 2.45) is 0 Å². The lowest BCUT2D eigenvalue weighted by atomic mass is 9.98. The molecule has 0 aliphatic carbocycles. The molecule has 0 radical (unpaired) electrons. The Morgan fingerprint density at radius 3 is 2.95 bits per heavy atom. The average Bonchev–Trinajstić information content (AvgIpc) is 2.88. The third kappa shape index (κ3) is 2.65. The van der Waals surface area contributed by atoms with Crippen LogP contribution in [0.3, 0.4) is 0 Å². The molecule has 0 aromatic heterocycles. The van der Waals surface area contributed by atoms with Crippen molar-refractivity contribution in [3.05, 3.63) is 34.9 Å². The second-order valence-corrected chi connectivity index (χ2v) is 6.76. The van der Waals surface area contributed by atoms with Crippen molar-refractivity contribution >= 4 is 23.6 Å². The molecular formula is C15H18N2O3S. The third-order valence-corrected chi connectivity index (χ3v) is 5.30. The van der Waals surface area contributed by atoms with E-state index in [-0.39, 0.29) is 11.3 Å². The van der Waals surface area contributed by atoms with Gasteiger partial charge >= 0.3 is 5.97 Å². The molecule has 21 heavy (non-hydrogen) atoms. The molecule has 2 aliphatic rings. The Morgan fingerprint density at radius 2 is 2.19 bits per heavy atom. The largest absolute Gasteiger partial charge is 0.480 e. The van der Waals surface area contributed by atoms with Gasteiger partial charge in [-0.1, -0.05) is 6.07 Å². The minimum Gasteiger partial charge on any atom is -0.480 e. The fourth-order valence-corrected chi connectivity index (χ4v) is 4.07. The van der Waals surface area contributed by atoms with Gasteiger partial charge in [0.1, 0.15) is 6.04 Å². The van der Waals surface area contributed by atoms with Crippen LogP contribution in [-0.4, -0.2) is 45.6 Å². The molecule has 1 amide bonds. The van der Waals surface area contributed by atoms with E-state index in [0.717, 1.165) is 25.1 Å². The average molecular weight is 306 g/mol. The molecule has 2 aliphatic heterocycles. The van der Waals surface area contributed by atoms with Gasteiger partial charge < -0.3 is 15.3 Å². The zero-order valence-corrected chi connectivity index (χ0v) is 12.7. The van der Waals surface area contributed by atoms with Crippen LogP contribution in [0, 0.1) is 0 Å². The van der Waals surface area contributed by atoms with E-state index in [1.165, 1.54) is 22.2 Å². The molecule has 1 aromatic rings. The maximum atomic E-state index is 12.7. The Kier molecular flexibility index (Phi) is 3.91. The highest BCUT2D eigenvalue weighted by Gasteiger charge is 2.39. The van der Waals surface area contributed by atoms with Gasteiger partial charge in [-0.3, -0.25) is 4.79 Å². The molecule has 112 valence electrons. The Morgan fingerprint density at radius 1 is 1.38 bits per heavy atom. The van der Waals surface area contributed by atoms with Crippen LogP contribution in [0.25, 0.3) is 0 Å². The van der Waals surface area contributed by atoms with Crippen LogP contribution in [0.2, 0.25) is 0 Å². The predicted molar refractivity (Wildman–Crippen MR) is 81.4 cm³/mol. The summed E-state index contributed by atoms with van der Waals surface area (Å²) in [5.74, 6) is -0.664. The minimum atomic E-state index is -0.931. The molecule has 1 aromatic carbocycles. The Bertz CT molecular complexity index is 590. The molecule has 2 atom stereocenters. The first kappa shape index (κ1) is 14.4. The summed E-state index contributed by atoms with van der Waals surface area (Å²) in [5, 5.41) is 12.5. The summed E-state index contributed by atoms with van der Waals surface area (Å²) in [4.78, 5) is 25.5. The molecule has 5 nitrogen and oxygen atoms in total. The molecule has 3 rings (SSSR count). The van der Waals surface area contributed by atoms with Gasteiger partial charge in [0.05, 0.1) is 5.37 Å². The lowest BCUT2D eigenvalue weighted by Gasteiger charge is -2.26. The van der Waals surface area contributed by atoms with Crippen molar-refractivity contribution in [2.45, 2.75) is 31.3 Å². The van der Waals surface area contributed by atoms with E-state index >= 15 is 0 Å². The topological polar surface area (TPSA) is 69.6 Å². The van der Waals surface area contributed by atoms with E-state index in [4.69, 9.17) is 0 Å². The first-order chi connectivity index (χ1) is 10.1. The number of aliphatic carboxylic acids is 1. The molecule has 2 heterocycles. The number of nitrogens with one attached hydrogen (secondary N) is 1. The van der Waals surface area contributed by atoms with Gasteiger partial charge in [0, 0.05) is 17.9 Å². The number of carbonyl (C=O) groups is 2. The normalized spacial score (nSPS) is 24.7. The second-order valence-electron chi connectivity index (χ2n) is 5.41. The van der Waals surface area contributed by atoms with Gasteiger partial charge in [0.25, 0.3) is 5.91 Å². The quantitative estimate of drug-likeness (QED) is 0.862. The molecule has 1 saturated heterocycles. The SMILES string of the molecule is CC1SCC(C(=O)O)N1C(=O)c1ccc2c(c1)CNCC2. The lowest BCUT2D eigenvalue weighted by Crippen LogP contribution is -2.44. The number of carboxylic acid groups (broad SMARTS) is 1. The maximum absolute atomic E-state index is 12.7. The van der Waals surface area contributed by atoms with Gasteiger partial charge in [-0.15, -0.1) is 11.8 Å². The van der Waals surface area contributed by atoms with Crippen LogP contribution in [0.4, 0.5) is 0 Å². The molecule has 2 N–H and O–H groups in total. The highest BCUT2D eigenvalue weighted by Crippen LogP contribution is 2.30. The highest BCUT2D eigenvalue weighted by atomic mass is 32.2. The summed E-state index contributed by atoms with van der Waals surface area (Å²) in [7, 11) is 0. The smallest absolute Gasteiger partial charge is 0.327 e. The molecule has 0 saturated carbocycles. The fraction of sp³-hybridized carbons (Fsp3) is 0.467. The van der Waals surface area contributed by atoms with Crippen molar-refractivity contribution in [1.82, 2.24) is 10.2 Å². The number of hydrogen-bond donors (Lipinski definition) is 2. The molecule has 2 unspecified atom stereocenters. The van der Waals surface area contributed by atoms with Gasteiger partial charge in [0.2, 0.25) is 0 Å². The second kappa shape index (κ2) is 5.69. The van der Waals surface area contributed by atoms with Gasteiger partial charge in [-0.2, -0.15) is 0 Å². The summed E-state index contributed by atoms with van der Waals surface area (Å²) in [6.07, 6.45) is 0.970. The Hall–Kier alpha value is -1.53. The molecule has 0 spiro atoms. The zero-order chi connectivity index (χ0) is 15.0. The van der Waals surface area contributed by atoms with Crippen LogP contribution in [0.15, 0.2) is 18.2 Å². The van der Waals surface area contributed by atoms with Gasteiger partial charge in [-0.05, 0) is 43.1 Å². The molecule has 0 bridgehead atoms. The van der Waals surface area contributed by atoms with Crippen molar-refractivity contribution < 1.29 is 14.7 Å². The van der Waals surface area contributed by atoms with Crippen LogP contribution in [0.5, 0.6) is 0 Å². The molecule has 1 fully saturated rings. The summed E-state index contributed by atoms with van der Waals surface area (Å²) in [5.41, 5.74) is 2.99. The van der Waals surface area contributed by atoms with E-state index in [1.54, 1.807) is 0 Å². The number of carboxylic acids is 1. The van der Waals surface area contributed by atoms with Gasteiger partial charge in [0.15, 0.2) is 0 Å². The van der Waals surface area contributed by atoms with Crippen LogP contribution >= 0.6 is 11.8 Å². The van der Waals surface area contributed by atoms with Crippen molar-refractivity contribution in [3.63, 3.8) is 0 Å². The van der Waals surface area contributed by atoms with Crippen molar-refractivity contribution in [3.8, 4) is 0 Å². The summed E-state index contributed by atoms with van der Waals surface area (Å²) < 4.78 is 0. The number of amides is 1. The van der Waals surface area contributed by atoms with Crippen LogP contribution in [0.1, 0.15) is 28.4 Å². The monoisotopic (exact) mass is 306 g/mol. The lowest BCUT2D eigenvalue weighted by molar-refractivity contribution is -0.141. The van der Waals surface area contributed by atoms with E-state index < -0.39 is 12.0 Å². The maximum Gasteiger partial charge on any atom is 0.327 e. The fourth-order valence-electron chi connectivity index (χ4n) is 2.90. The molecular weight excluding hydrogens is 288 g/mol. The number of carbonyl (C=O) groups excluding carboxylic acids is 1. The van der Waals surface area contributed by atoms with E-state index in [0.29, 0.717) is 11.3 Å². The van der Waals surface area contributed by atoms with Crippen molar-refractivity contribution in [1.29, 1.82) is 0 Å². The summed E-state index contributed by atoms with van der Waals surface area (Å²) >= 11 is 1.51. The number of fused-ring (bicyclic) bond motifs is 1. The van der Waals surface area contributed by atoms with Crippen LogP contribution < -0.4 is 5.32 Å². The van der Waals surface area contributed by atoms with Gasteiger partial charge in [-0.25, -0.2) is 4.79 Å². The summed E-state index contributed by atoms with van der Waals surface area (Å²) in [6.45, 7) is 3.61. The van der Waals surface area contributed by atoms with Crippen LogP contribution in [-0.2, 0) is 17.8 Å². The minimum absolute atomic E-state index is 0.104. The first-order valence-electron chi connectivity index (χ1n) is 7.07. The van der Waals surface area contributed by atoms with Crippen molar-refractivity contribution in [2.75, 3.05) is 12.3 Å². The number of nitrogens with zero attached hydrogens (tertiary/aromatic N) is 1. The third-order valence-electron chi connectivity index (χ3n) is 4.08. The number of benzene rings is 1. The Labute approximate surface area is 127 Å². The van der Waals surface area contributed by atoms with E-state index in [1.807, 2.05) is 25.1 Å². The standard InChI is InChI=1S/C15H18N2O3S/c1-9-17(13(8-21-9)15(19)20)14(18)11-3-2-10-4-5-16-7-12(10)6-11/h2-3,6,9,13,16H,4-5,7-8H2,1H3,(H,19,20). The Balaban J connectivity index is 1.89. The molecule has 6 heteroatoms. The van der Waals surface area contributed by atoms with E-state index in [9.17, 15) is 14.7 Å². The number of rotatable bonds is 2.